The van der Waals surface area contributed by atoms with Crippen molar-refractivity contribution in [1.82, 2.24) is 14.5 Å². The Balaban J connectivity index is 2.40. The van der Waals surface area contributed by atoms with Crippen LogP contribution in [0.15, 0.2) is 34.9 Å². The topological polar surface area (TPSA) is 30.7 Å². The number of fused-ring (bicyclic) bond motifs is 1. The summed E-state index contributed by atoms with van der Waals surface area (Å²) in [6, 6.07) is 6.41. The highest BCUT2D eigenvalue weighted by molar-refractivity contribution is 9.10. The standard InChI is InChI=1S/C13H7BrCl2FN3/c14-8-2-1-3-9(17)12(8)20-11(5-15)19-10-4-7(16)6-18-13(10)20/h1-4,6H,5H2. The second-order valence-electron chi connectivity index (χ2n) is 4.06. The molecule has 3 rings (SSSR count). The van der Waals surface area contributed by atoms with Crippen molar-refractivity contribution in [1.29, 1.82) is 0 Å². The van der Waals surface area contributed by atoms with E-state index in [4.69, 9.17) is 23.2 Å². The molecule has 0 unspecified atom stereocenters. The van der Waals surface area contributed by atoms with Gasteiger partial charge in [0.1, 0.15) is 17.2 Å². The molecule has 20 heavy (non-hydrogen) atoms. The van der Waals surface area contributed by atoms with Crippen LogP contribution in [0.3, 0.4) is 0 Å². The Labute approximate surface area is 132 Å². The van der Waals surface area contributed by atoms with Gasteiger partial charge in [0, 0.05) is 10.7 Å². The third kappa shape index (κ3) is 2.20. The number of imidazole rings is 1. The zero-order valence-electron chi connectivity index (χ0n) is 9.95. The monoisotopic (exact) mass is 373 g/mol. The van der Waals surface area contributed by atoms with Gasteiger partial charge in [-0.1, -0.05) is 17.7 Å². The van der Waals surface area contributed by atoms with E-state index in [0.717, 1.165) is 0 Å². The minimum atomic E-state index is -0.387. The van der Waals surface area contributed by atoms with Gasteiger partial charge in [-0.15, -0.1) is 11.6 Å². The molecule has 0 aliphatic rings. The fourth-order valence-corrected chi connectivity index (χ4v) is 2.87. The number of para-hydroxylation sites is 1. The van der Waals surface area contributed by atoms with E-state index >= 15 is 0 Å². The maximum absolute atomic E-state index is 14.2. The smallest absolute Gasteiger partial charge is 0.164 e. The first-order valence-electron chi connectivity index (χ1n) is 5.65. The van der Waals surface area contributed by atoms with Crippen molar-refractivity contribution in [2.75, 3.05) is 0 Å². The summed E-state index contributed by atoms with van der Waals surface area (Å²) in [5, 5.41) is 0.468. The molecule has 0 amide bonds. The van der Waals surface area contributed by atoms with Crippen molar-refractivity contribution in [3.63, 3.8) is 0 Å². The molecule has 0 bridgehead atoms. The Hall–Kier alpha value is -1.17. The van der Waals surface area contributed by atoms with Crippen LogP contribution in [0.5, 0.6) is 0 Å². The van der Waals surface area contributed by atoms with Crippen LogP contribution in [-0.4, -0.2) is 14.5 Å². The zero-order chi connectivity index (χ0) is 14.3. The van der Waals surface area contributed by atoms with Crippen LogP contribution in [0, 0.1) is 5.82 Å². The summed E-state index contributed by atoms with van der Waals surface area (Å²) in [5.74, 6) is 0.249. The van der Waals surface area contributed by atoms with Crippen LogP contribution < -0.4 is 0 Å². The van der Waals surface area contributed by atoms with E-state index in [1.807, 2.05) is 0 Å². The number of hydrogen-bond acceptors (Lipinski definition) is 2. The van der Waals surface area contributed by atoms with E-state index in [-0.39, 0.29) is 11.7 Å². The lowest BCUT2D eigenvalue weighted by molar-refractivity contribution is 0.616. The molecule has 0 saturated heterocycles. The molecule has 2 aromatic heterocycles. The fraction of sp³-hybridized carbons (Fsp3) is 0.0769. The van der Waals surface area contributed by atoms with Gasteiger partial charge >= 0.3 is 0 Å². The van der Waals surface area contributed by atoms with Gasteiger partial charge in [-0.05, 0) is 34.1 Å². The summed E-state index contributed by atoms with van der Waals surface area (Å²) >= 11 is 15.2. The Bertz CT molecular complexity index is 783. The summed E-state index contributed by atoms with van der Waals surface area (Å²) < 4.78 is 16.4. The first-order chi connectivity index (χ1) is 9.61. The number of alkyl halides is 1. The number of aromatic nitrogens is 3. The van der Waals surface area contributed by atoms with Crippen LogP contribution in [0.4, 0.5) is 4.39 Å². The van der Waals surface area contributed by atoms with Crippen LogP contribution in [0.25, 0.3) is 16.9 Å². The van der Waals surface area contributed by atoms with Gasteiger partial charge in [0.05, 0.1) is 16.6 Å². The number of halogens is 4. The fourth-order valence-electron chi connectivity index (χ4n) is 2.01. The quantitative estimate of drug-likeness (QED) is 0.608. The molecule has 3 nitrogen and oxygen atoms in total. The number of nitrogens with zero attached hydrogens (tertiary/aromatic N) is 3. The Kier molecular flexibility index (Phi) is 3.67. The average Bonchev–Trinajstić information content (AvgIpc) is 2.76. The van der Waals surface area contributed by atoms with E-state index in [9.17, 15) is 4.39 Å². The molecule has 7 heteroatoms. The molecule has 0 atom stereocenters. The molecule has 102 valence electrons. The van der Waals surface area contributed by atoms with Gasteiger partial charge in [0.15, 0.2) is 5.65 Å². The van der Waals surface area contributed by atoms with Crippen LogP contribution in [0.2, 0.25) is 5.02 Å². The van der Waals surface area contributed by atoms with Crippen molar-refractivity contribution >= 4 is 50.3 Å². The van der Waals surface area contributed by atoms with Crippen molar-refractivity contribution in [3.8, 4) is 5.69 Å². The summed E-state index contributed by atoms with van der Waals surface area (Å²) in [6.07, 6.45) is 1.49. The lowest BCUT2D eigenvalue weighted by atomic mass is 10.3. The molecule has 0 spiro atoms. The molecular formula is C13H7BrCl2FN3. The highest BCUT2D eigenvalue weighted by Crippen LogP contribution is 2.29. The summed E-state index contributed by atoms with van der Waals surface area (Å²) in [4.78, 5) is 8.58. The van der Waals surface area contributed by atoms with Gasteiger partial charge in [0.2, 0.25) is 0 Å². The Morgan fingerprint density at radius 3 is 2.85 bits per heavy atom. The third-order valence-electron chi connectivity index (χ3n) is 2.81. The number of benzene rings is 1. The summed E-state index contributed by atoms with van der Waals surface area (Å²) in [6.45, 7) is 0. The van der Waals surface area contributed by atoms with Crippen LogP contribution in [0.1, 0.15) is 5.82 Å². The second kappa shape index (κ2) is 5.31. The van der Waals surface area contributed by atoms with Crippen molar-refractivity contribution in [2.45, 2.75) is 5.88 Å². The minimum absolute atomic E-state index is 0.134. The molecule has 0 aliphatic heterocycles. The molecule has 2 heterocycles. The molecule has 1 aromatic carbocycles. The van der Waals surface area contributed by atoms with Gasteiger partial charge in [-0.2, -0.15) is 0 Å². The highest BCUT2D eigenvalue weighted by Gasteiger charge is 2.18. The number of rotatable bonds is 2. The summed E-state index contributed by atoms with van der Waals surface area (Å²) in [7, 11) is 0. The average molecular weight is 375 g/mol. The lowest BCUT2D eigenvalue weighted by Gasteiger charge is -2.10. The van der Waals surface area contributed by atoms with Crippen LogP contribution >= 0.6 is 39.1 Å². The highest BCUT2D eigenvalue weighted by atomic mass is 79.9. The van der Waals surface area contributed by atoms with E-state index in [0.29, 0.717) is 32.2 Å². The Morgan fingerprint density at radius 1 is 1.35 bits per heavy atom. The molecule has 0 saturated carbocycles. The van der Waals surface area contributed by atoms with E-state index in [1.165, 1.54) is 12.3 Å². The SMILES string of the molecule is Fc1cccc(Br)c1-n1c(CCl)nc2cc(Cl)cnc21. The molecule has 3 aromatic rings. The molecule has 0 radical (unpaired) electrons. The van der Waals surface area contributed by atoms with E-state index in [1.54, 1.807) is 22.8 Å². The molecule has 0 fully saturated rings. The van der Waals surface area contributed by atoms with Crippen molar-refractivity contribution in [2.24, 2.45) is 0 Å². The van der Waals surface area contributed by atoms with Gasteiger partial charge in [-0.3, -0.25) is 4.57 Å². The summed E-state index contributed by atoms with van der Waals surface area (Å²) in [5.41, 5.74) is 1.42. The normalized spacial score (nSPS) is 11.2. The van der Waals surface area contributed by atoms with Gasteiger partial charge < -0.3 is 0 Å². The molecular weight excluding hydrogens is 368 g/mol. The lowest BCUT2D eigenvalue weighted by Crippen LogP contribution is -2.04. The minimum Gasteiger partial charge on any atom is -0.276 e. The molecule has 0 N–H and O–H groups in total. The second-order valence-corrected chi connectivity index (χ2v) is 5.62. The zero-order valence-corrected chi connectivity index (χ0v) is 13.0. The first kappa shape index (κ1) is 13.8. The van der Waals surface area contributed by atoms with E-state index in [2.05, 4.69) is 25.9 Å². The maximum atomic E-state index is 14.2. The number of pyridine rings is 1. The molecule has 0 aliphatic carbocycles. The van der Waals surface area contributed by atoms with Gasteiger partial charge in [-0.25, -0.2) is 14.4 Å². The number of hydrogen-bond donors (Lipinski definition) is 0. The van der Waals surface area contributed by atoms with Crippen molar-refractivity contribution in [3.05, 3.63) is 51.6 Å². The largest absolute Gasteiger partial charge is 0.276 e. The Morgan fingerprint density at radius 2 is 2.15 bits per heavy atom. The predicted octanol–water partition coefficient (Wildman–Crippen LogP) is 4.71. The van der Waals surface area contributed by atoms with Crippen LogP contribution in [-0.2, 0) is 5.88 Å². The first-order valence-corrected chi connectivity index (χ1v) is 7.35. The predicted molar refractivity (Wildman–Crippen MR) is 81.1 cm³/mol. The maximum Gasteiger partial charge on any atom is 0.164 e. The third-order valence-corrected chi connectivity index (χ3v) is 3.90. The van der Waals surface area contributed by atoms with E-state index < -0.39 is 0 Å². The van der Waals surface area contributed by atoms with Crippen molar-refractivity contribution < 1.29 is 4.39 Å². The van der Waals surface area contributed by atoms with Gasteiger partial charge in [0.25, 0.3) is 0 Å².